The molecule has 2 aliphatic rings. The molecule has 0 N–H and O–H groups in total. The summed E-state index contributed by atoms with van der Waals surface area (Å²) < 4.78 is 45.7. The number of hydrogen-bond donors (Lipinski definition) is 0. The standard InChI is InChI=1S/C18H19F3N2/c19-14-8-4-7-13-16-10-22-11-23(16)15(17(13)14)9-18(20,21)12-5-2-1-3-6-12/h4,7-8,10-12,15H,1-3,5-6,9H2. The van der Waals surface area contributed by atoms with Gasteiger partial charge in [0.25, 0.3) is 5.92 Å². The van der Waals surface area contributed by atoms with Gasteiger partial charge in [0.1, 0.15) is 5.82 Å². The van der Waals surface area contributed by atoms with Gasteiger partial charge < -0.3 is 4.57 Å². The van der Waals surface area contributed by atoms with Crippen LogP contribution in [0, 0.1) is 11.7 Å². The van der Waals surface area contributed by atoms with Crippen LogP contribution in [0.5, 0.6) is 0 Å². The first kappa shape index (κ1) is 14.8. The van der Waals surface area contributed by atoms with Gasteiger partial charge in [-0.1, -0.05) is 31.4 Å². The van der Waals surface area contributed by atoms with E-state index in [-0.39, 0.29) is 6.42 Å². The maximum absolute atomic E-state index is 14.8. The minimum Gasteiger partial charge on any atom is -0.323 e. The van der Waals surface area contributed by atoms with Crippen molar-refractivity contribution in [2.75, 3.05) is 0 Å². The van der Waals surface area contributed by atoms with Crippen LogP contribution in [-0.2, 0) is 0 Å². The zero-order valence-corrected chi connectivity index (χ0v) is 12.8. The highest BCUT2D eigenvalue weighted by Crippen LogP contribution is 2.48. The molecule has 1 saturated carbocycles. The van der Waals surface area contributed by atoms with Crippen LogP contribution < -0.4 is 0 Å². The zero-order valence-electron chi connectivity index (χ0n) is 12.8. The number of aromatic nitrogens is 2. The van der Waals surface area contributed by atoms with Crippen LogP contribution in [0.3, 0.4) is 0 Å². The lowest BCUT2D eigenvalue weighted by atomic mass is 9.81. The molecular formula is C18H19F3N2. The molecule has 1 aliphatic carbocycles. The number of fused-ring (bicyclic) bond motifs is 3. The van der Waals surface area contributed by atoms with Crippen LogP contribution in [0.25, 0.3) is 11.3 Å². The molecule has 1 unspecified atom stereocenters. The summed E-state index contributed by atoms with van der Waals surface area (Å²) >= 11 is 0. The number of alkyl halides is 2. The van der Waals surface area contributed by atoms with Crippen LogP contribution in [0.15, 0.2) is 30.7 Å². The van der Waals surface area contributed by atoms with Gasteiger partial charge in [-0.25, -0.2) is 18.2 Å². The Balaban J connectivity index is 1.69. The number of rotatable bonds is 3. The van der Waals surface area contributed by atoms with E-state index >= 15 is 0 Å². The van der Waals surface area contributed by atoms with Gasteiger partial charge in [0, 0.05) is 23.5 Å². The predicted molar refractivity (Wildman–Crippen MR) is 81.9 cm³/mol. The fourth-order valence-corrected chi connectivity index (χ4v) is 4.15. The second-order valence-corrected chi connectivity index (χ2v) is 6.70. The zero-order chi connectivity index (χ0) is 16.0. The molecule has 1 atom stereocenters. The molecular weight excluding hydrogens is 301 g/mol. The largest absolute Gasteiger partial charge is 0.323 e. The second kappa shape index (κ2) is 5.39. The van der Waals surface area contributed by atoms with E-state index in [1.807, 2.05) is 0 Å². The molecule has 5 heteroatoms. The molecule has 0 bridgehead atoms. The van der Waals surface area contributed by atoms with Crippen LogP contribution in [0.1, 0.15) is 50.1 Å². The number of nitrogens with zero attached hydrogens (tertiary/aromatic N) is 2. The molecule has 0 amide bonds. The van der Waals surface area contributed by atoms with Gasteiger partial charge in [-0.3, -0.25) is 0 Å². The van der Waals surface area contributed by atoms with E-state index in [1.54, 1.807) is 22.9 Å². The molecule has 2 nitrogen and oxygen atoms in total. The quantitative estimate of drug-likeness (QED) is 0.760. The van der Waals surface area contributed by atoms with Crippen molar-refractivity contribution < 1.29 is 13.2 Å². The Kier molecular flexibility index (Phi) is 3.47. The smallest absolute Gasteiger partial charge is 0.253 e. The molecule has 1 aliphatic heterocycles. The minimum absolute atomic E-state index is 0.352. The lowest BCUT2D eigenvalue weighted by Gasteiger charge is -2.32. The summed E-state index contributed by atoms with van der Waals surface area (Å²) in [6.45, 7) is 0. The van der Waals surface area contributed by atoms with Gasteiger partial charge in [0.05, 0.1) is 24.3 Å². The van der Waals surface area contributed by atoms with Crippen molar-refractivity contribution in [3.05, 3.63) is 42.1 Å². The third kappa shape index (κ3) is 2.37. The van der Waals surface area contributed by atoms with Crippen LogP contribution in [0.4, 0.5) is 13.2 Å². The lowest BCUT2D eigenvalue weighted by molar-refractivity contribution is -0.0837. The molecule has 122 valence electrons. The predicted octanol–water partition coefficient (Wildman–Crippen LogP) is 5.20. The first-order valence-corrected chi connectivity index (χ1v) is 8.26. The maximum Gasteiger partial charge on any atom is 0.253 e. The fourth-order valence-electron chi connectivity index (χ4n) is 4.15. The molecule has 0 saturated heterocycles. The van der Waals surface area contributed by atoms with E-state index in [0.29, 0.717) is 24.0 Å². The minimum atomic E-state index is -2.78. The Hall–Kier alpha value is -1.78. The summed E-state index contributed by atoms with van der Waals surface area (Å²) in [5.74, 6) is -3.77. The number of benzene rings is 1. The SMILES string of the molecule is Fc1cccc2c1C(CC(F)(F)C1CCCCC1)n1cncc1-2. The number of halogens is 3. The summed E-state index contributed by atoms with van der Waals surface area (Å²) in [4.78, 5) is 4.06. The first-order valence-electron chi connectivity index (χ1n) is 8.26. The monoisotopic (exact) mass is 320 g/mol. The van der Waals surface area contributed by atoms with E-state index in [1.165, 1.54) is 12.4 Å². The van der Waals surface area contributed by atoms with E-state index < -0.39 is 23.7 Å². The summed E-state index contributed by atoms with van der Waals surface area (Å²) in [5, 5.41) is 0. The van der Waals surface area contributed by atoms with E-state index in [2.05, 4.69) is 4.98 Å². The van der Waals surface area contributed by atoms with Crippen molar-refractivity contribution in [3.8, 4) is 11.3 Å². The van der Waals surface area contributed by atoms with Gasteiger partial charge in [-0.15, -0.1) is 0 Å². The highest BCUT2D eigenvalue weighted by Gasteiger charge is 2.45. The third-order valence-electron chi connectivity index (χ3n) is 5.33. The molecule has 1 aromatic carbocycles. The number of imidazole rings is 1. The second-order valence-electron chi connectivity index (χ2n) is 6.70. The average Bonchev–Trinajstić information content (AvgIpc) is 3.12. The van der Waals surface area contributed by atoms with E-state index in [9.17, 15) is 13.2 Å². The first-order chi connectivity index (χ1) is 11.1. The summed E-state index contributed by atoms with van der Waals surface area (Å²) in [5.41, 5.74) is 1.80. The Labute approximate surface area is 133 Å². The number of hydrogen-bond acceptors (Lipinski definition) is 1. The van der Waals surface area contributed by atoms with Crippen molar-refractivity contribution in [1.29, 1.82) is 0 Å². The van der Waals surface area contributed by atoms with E-state index in [0.717, 1.165) is 25.0 Å². The molecule has 23 heavy (non-hydrogen) atoms. The Morgan fingerprint density at radius 2 is 1.96 bits per heavy atom. The highest BCUT2D eigenvalue weighted by molar-refractivity contribution is 5.69. The molecule has 0 radical (unpaired) electrons. The summed E-state index contributed by atoms with van der Waals surface area (Å²) in [7, 11) is 0. The Morgan fingerprint density at radius 3 is 2.74 bits per heavy atom. The summed E-state index contributed by atoms with van der Waals surface area (Å²) in [6.07, 6.45) is 6.72. The maximum atomic E-state index is 14.8. The molecule has 2 aromatic rings. The Bertz CT molecular complexity index is 717. The van der Waals surface area contributed by atoms with Crippen LogP contribution in [-0.4, -0.2) is 15.5 Å². The van der Waals surface area contributed by atoms with Gasteiger partial charge in [0.2, 0.25) is 0 Å². The van der Waals surface area contributed by atoms with Crippen LogP contribution >= 0.6 is 0 Å². The molecule has 4 rings (SSSR count). The van der Waals surface area contributed by atoms with Crippen molar-refractivity contribution >= 4 is 0 Å². The highest BCUT2D eigenvalue weighted by atomic mass is 19.3. The van der Waals surface area contributed by atoms with Gasteiger partial charge >= 0.3 is 0 Å². The molecule has 1 aromatic heterocycles. The summed E-state index contributed by atoms with van der Waals surface area (Å²) in [6, 6.07) is 4.09. The van der Waals surface area contributed by atoms with Gasteiger partial charge in [0.15, 0.2) is 0 Å². The molecule has 0 spiro atoms. The van der Waals surface area contributed by atoms with Crippen molar-refractivity contribution in [1.82, 2.24) is 9.55 Å². The van der Waals surface area contributed by atoms with Gasteiger partial charge in [-0.2, -0.15) is 0 Å². The van der Waals surface area contributed by atoms with Gasteiger partial charge in [-0.05, 0) is 18.9 Å². The average molecular weight is 320 g/mol. The topological polar surface area (TPSA) is 17.8 Å². The van der Waals surface area contributed by atoms with Crippen molar-refractivity contribution in [2.45, 2.75) is 50.5 Å². The molecule has 1 fully saturated rings. The Morgan fingerprint density at radius 1 is 1.17 bits per heavy atom. The third-order valence-corrected chi connectivity index (χ3v) is 5.33. The fraction of sp³-hybridized carbons (Fsp3) is 0.500. The van der Waals surface area contributed by atoms with Crippen molar-refractivity contribution in [3.63, 3.8) is 0 Å². The van der Waals surface area contributed by atoms with Crippen molar-refractivity contribution in [2.24, 2.45) is 5.92 Å². The molecule has 2 heterocycles. The normalized spacial score (nSPS) is 21.3. The lowest BCUT2D eigenvalue weighted by Crippen LogP contribution is -2.33. The van der Waals surface area contributed by atoms with E-state index in [4.69, 9.17) is 0 Å². The van der Waals surface area contributed by atoms with Crippen LogP contribution in [0.2, 0.25) is 0 Å².